The maximum atomic E-state index is 14.7. The average molecular weight is 519 g/mol. The first-order valence-electron chi connectivity index (χ1n) is 12.2. The first-order valence-corrected chi connectivity index (χ1v) is 13.6. The van der Waals surface area contributed by atoms with E-state index in [0.717, 1.165) is 52.3 Å². The van der Waals surface area contributed by atoms with E-state index < -0.39 is 34.5 Å². The molecule has 0 aliphatic heterocycles. The summed E-state index contributed by atoms with van der Waals surface area (Å²) in [7, 11) is -1.58. The normalized spacial score (nSPS) is 15.4. The molecule has 1 fully saturated rings. The van der Waals surface area contributed by atoms with Crippen LogP contribution >= 0.6 is 0 Å². The highest BCUT2D eigenvalue weighted by Gasteiger charge is 2.34. The molecule has 0 saturated heterocycles. The Morgan fingerprint density at radius 3 is 2.22 bits per heavy atom. The lowest BCUT2D eigenvalue weighted by atomic mass is 9.95. The van der Waals surface area contributed by atoms with E-state index >= 15 is 0 Å². The van der Waals surface area contributed by atoms with E-state index in [1.54, 1.807) is 6.92 Å². The smallest absolute Gasteiger partial charge is 0.304 e. The molecule has 36 heavy (non-hydrogen) atoms. The lowest BCUT2D eigenvalue weighted by Gasteiger charge is -2.34. The molecule has 1 unspecified atom stereocenters. The lowest BCUT2D eigenvalue weighted by molar-refractivity contribution is -0.139. The summed E-state index contributed by atoms with van der Waals surface area (Å²) in [5.74, 6) is -1.67. The summed E-state index contributed by atoms with van der Waals surface area (Å²) in [5.41, 5.74) is 0.551. The zero-order valence-corrected chi connectivity index (χ0v) is 21.9. The molecule has 0 aromatic heterocycles. The minimum atomic E-state index is -4.21. The fourth-order valence-corrected chi connectivity index (χ4v) is 5.35. The second-order valence-corrected chi connectivity index (χ2v) is 11.3. The molecule has 2 aromatic rings. The van der Waals surface area contributed by atoms with Crippen molar-refractivity contribution in [3.05, 3.63) is 66.0 Å². The molecular weight excluding hydrogens is 483 g/mol. The molecule has 2 aromatic carbocycles. The van der Waals surface area contributed by atoms with Crippen molar-refractivity contribution in [3.63, 3.8) is 0 Å². The molecule has 1 aliphatic rings. The second kappa shape index (κ2) is 12.3. The van der Waals surface area contributed by atoms with Gasteiger partial charge in [-0.05, 0) is 37.5 Å². The Hall–Kier alpha value is -2.98. The van der Waals surface area contributed by atoms with Crippen LogP contribution in [0.15, 0.2) is 54.6 Å². The maximum absolute atomic E-state index is 14.7. The van der Waals surface area contributed by atoms with E-state index in [4.69, 9.17) is 0 Å². The number of rotatable bonds is 10. The lowest BCUT2D eigenvalue weighted by Crippen LogP contribution is -2.53. The fraction of sp³-hybridized carbons (Fsp3) is 0.462. The van der Waals surface area contributed by atoms with Crippen LogP contribution in [0.3, 0.4) is 0 Å². The van der Waals surface area contributed by atoms with Gasteiger partial charge in [0.2, 0.25) is 11.8 Å². The van der Waals surface area contributed by atoms with Crippen LogP contribution in [0, 0.1) is 5.82 Å². The van der Waals surface area contributed by atoms with Crippen LogP contribution in [0.25, 0.3) is 0 Å². The van der Waals surface area contributed by atoms with Crippen LogP contribution in [-0.2, 0) is 26.3 Å². The van der Waals surface area contributed by atoms with Gasteiger partial charge in [-0.15, -0.1) is 0 Å². The predicted molar refractivity (Wildman–Crippen MR) is 138 cm³/mol. The highest BCUT2D eigenvalue weighted by molar-refractivity contribution is 7.90. The number of hydrogen-bond donors (Lipinski definition) is 1. The number of carbonyl (C=O) groups excluding carboxylic acids is 2. The zero-order chi connectivity index (χ0) is 26.3. The topological polar surface area (TPSA) is 90.0 Å². The summed E-state index contributed by atoms with van der Waals surface area (Å²) in [6.45, 7) is 1.08. The molecule has 8 nitrogen and oxygen atoms in total. The van der Waals surface area contributed by atoms with Crippen molar-refractivity contribution in [2.24, 2.45) is 0 Å². The Bertz CT molecular complexity index is 1140. The van der Waals surface area contributed by atoms with Crippen molar-refractivity contribution in [2.75, 3.05) is 24.9 Å². The molecule has 0 bridgehead atoms. The summed E-state index contributed by atoms with van der Waals surface area (Å²) in [6.07, 6.45) is 5.03. The number of amides is 2. The van der Waals surface area contributed by atoms with E-state index in [-0.39, 0.29) is 24.2 Å². The molecule has 1 atom stereocenters. The van der Waals surface area contributed by atoms with Gasteiger partial charge in [0.25, 0.3) is 0 Å². The van der Waals surface area contributed by atoms with Crippen molar-refractivity contribution >= 4 is 27.7 Å². The number of anilines is 1. The molecule has 0 radical (unpaired) electrons. The number of nitrogens with zero attached hydrogens (tertiary/aromatic N) is 3. The highest BCUT2D eigenvalue weighted by Crippen LogP contribution is 2.24. The van der Waals surface area contributed by atoms with Crippen molar-refractivity contribution in [3.8, 4) is 0 Å². The van der Waals surface area contributed by atoms with Gasteiger partial charge in [-0.2, -0.15) is 12.7 Å². The van der Waals surface area contributed by atoms with Gasteiger partial charge in [-0.1, -0.05) is 61.7 Å². The van der Waals surface area contributed by atoms with E-state index in [0.29, 0.717) is 0 Å². The van der Waals surface area contributed by atoms with Crippen molar-refractivity contribution in [2.45, 2.75) is 57.7 Å². The molecule has 1 aliphatic carbocycles. The standard InChI is InChI=1S/C26H35FN4O4S/c1-20(26(33)28-22-14-8-5-9-15-22)30(18-21-12-6-4-7-13-21)25(32)19-31(36(34,35)29(2)3)24-17-11-10-16-23(24)27/h4,6-7,10-13,16-17,20,22H,5,8-9,14-15,18-19H2,1-3H3,(H,28,33). The van der Waals surface area contributed by atoms with Gasteiger partial charge in [0.1, 0.15) is 18.4 Å². The van der Waals surface area contributed by atoms with Gasteiger partial charge in [0, 0.05) is 26.7 Å². The molecular formula is C26H35FN4O4S. The minimum Gasteiger partial charge on any atom is -0.352 e. The predicted octanol–water partition coefficient (Wildman–Crippen LogP) is 3.30. The number of nitrogens with one attached hydrogen (secondary N) is 1. The largest absolute Gasteiger partial charge is 0.352 e. The number of carbonyl (C=O) groups is 2. The summed E-state index contributed by atoms with van der Waals surface area (Å²) < 4.78 is 42.5. The highest BCUT2D eigenvalue weighted by atomic mass is 32.2. The Labute approximate surface area is 213 Å². The SMILES string of the molecule is CC(C(=O)NC1CCCCC1)N(Cc1ccccc1)C(=O)CN(c1ccccc1F)S(=O)(=O)N(C)C. The van der Waals surface area contributed by atoms with Crippen LogP contribution in [0.4, 0.5) is 10.1 Å². The first-order chi connectivity index (χ1) is 17.1. The average Bonchev–Trinajstić information content (AvgIpc) is 2.87. The Morgan fingerprint density at radius 1 is 1.00 bits per heavy atom. The Kier molecular flexibility index (Phi) is 9.44. The third kappa shape index (κ3) is 6.82. The van der Waals surface area contributed by atoms with Gasteiger partial charge < -0.3 is 10.2 Å². The molecule has 0 spiro atoms. The van der Waals surface area contributed by atoms with Crippen LogP contribution in [0.1, 0.15) is 44.6 Å². The van der Waals surface area contributed by atoms with Crippen molar-refractivity contribution in [1.82, 2.24) is 14.5 Å². The molecule has 0 heterocycles. The van der Waals surface area contributed by atoms with Gasteiger partial charge in [0.05, 0.1) is 5.69 Å². The summed E-state index contributed by atoms with van der Waals surface area (Å²) in [5, 5.41) is 3.05. The third-order valence-electron chi connectivity index (χ3n) is 6.45. The Morgan fingerprint density at radius 2 is 1.61 bits per heavy atom. The number of benzene rings is 2. The van der Waals surface area contributed by atoms with E-state index in [9.17, 15) is 22.4 Å². The molecule has 1 N–H and O–H groups in total. The molecule has 2 amide bonds. The third-order valence-corrected chi connectivity index (χ3v) is 8.26. The maximum Gasteiger partial charge on any atom is 0.304 e. The number of halogens is 1. The van der Waals surface area contributed by atoms with Gasteiger partial charge in [-0.25, -0.2) is 8.70 Å². The minimum absolute atomic E-state index is 0.0615. The van der Waals surface area contributed by atoms with Crippen molar-refractivity contribution in [1.29, 1.82) is 0 Å². The van der Waals surface area contributed by atoms with Gasteiger partial charge >= 0.3 is 10.2 Å². The number of hydrogen-bond acceptors (Lipinski definition) is 4. The molecule has 1 saturated carbocycles. The summed E-state index contributed by atoms with van der Waals surface area (Å²) in [4.78, 5) is 28.2. The Balaban J connectivity index is 1.90. The fourth-order valence-electron chi connectivity index (χ4n) is 4.29. The summed E-state index contributed by atoms with van der Waals surface area (Å²) >= 11 is 0. The van der Waals surface area contributed by atoms with Gasteiger partial charge in [0.15, 0.2) is 0 Å². The summed E-state index contributed by atoms with van der Waals surface area (Å²) in [6, 6.07) is 13.8. The van der Waals surface area contributed by atoms with Crippen LogP contribution < -0.4 is 9.62 Å². The number of para-hydroxylation sites is 1. The van der Waals surface area contributed by atoms with E-state index in [2.05, 4.69) is 5.32 Å². The van der Waals surface area contributed by atoms with Crippen molar-refractivity contribution < 1.29 is 22.4 Å². The molecule has 3 rings (SSSR count). The second-order valence-electron chi connectivity index (χ2n) is 9.27. The van der Waals surface area contributed by atoms with E-state index in [1.807, 2.05) is 30.3 Å². The van der Waals surface area contributed by atoms with Crippen LogP contribution in [-0.4, -0.2) is 62.2 Å². The first kappa shape index (κ1) is 27.6. The van der Waals surface area contributed by atoms with E-state index in [1.165, 1.54) is 37.2 Å². The molecule has 10 heteroatoms. The monoisotopic (exact) mass is 518 g/mol. The zero-order valence-electron chi connectivity index (χ0n) is 21.1. The molecule has 196 valence electrons. The van der Waals surface area contributed by atoms with Crippen LogP contribution in [0.2, 0.25) is 0 Å². The van der Waals surface area contributed by atoms with Crippen LogP contribution in [0.5, 0.6) is 0 Å². The quantitative estimate of drug-likeness (QED) is 0.523. The van der Waals surface area contributed by atoms with Gasteiger partial charge in [-0.3, -0.25) is 9.59 Å².